The second-order valence-corrected chi connectivity index (χ2v) is 8.75. The first-order chi connectivity index (χ1) is 10.8. The van der Waals surface area contributed by atoms with Crippen LogP contribution in [0.1, 0.15) is 39.8 Å². The zero-order valence-electron chi connectivity index (χ0n) is 15.1. The molecule has 0 N–H and O–H groups in total. The molecule has 23 heavy (non-hydrogen) atoms. The molecule has 2 rings (SSSR count). The van der Waals surface area contributed by atoms with Crippen molar-refractivity contribution in [1.82, 2.24) is 0 Å². The Kier molecular flexibility index (Phi) is 5.61. The van der Waals surface area contributed by atoms with Crippen molar-refractivity contribution in [3.63, 3.8) is 0 Å². The Hall–Kier alpha value is -1.64. The Bertz CT molecular complexity index is 664. The van der Waals surface area contributed by atoms with Crippen molar-refractivity contribution in [2.75, 3.05) is 6.16 Å². The molecule has 2 heteroatoms. The lowest BCUT2D eigenvalue weighted by Gasteiger charge is -2.26. The van der Waals surface area contributed by atoms with E-state index in [0.29, 0.717) is 6.42 Å². The summed E-state index contributed by atoms with van der Waals surface area (Å²) < 4.78 is 0. The van der Waals surface area contributed by atoms with Gasteiger partial charge >= 0.3 is 0 Å². The van der Waals surface area contributed by atoms with Crippen molar-refractivity contribution in [3.8, 4) is 6.07 Å². The molecule has 0 amide bonds. The van der Waals surface area contributed by atoms with Gasteiger partial charge in [0.1, 0.15) is 0 Å². The van der Waals surface area contributed by atoms with Gasteiger partial charge in [-0.05, 0) is 88.5 Å². The second kappa shape index (κ2) is 7.29. The largest absolute Gasteiger partial charge is 0.198 e. The highest BCUT2D eigenvalue weighted by Gasteiger charge is 2.21. The second-order valence-electron chi connectivity index (χ2n) is 6.55. The molecule has 0 aromatic heterocycles. The van der Waals surface area contributed by atoms with Crippen LogP contribution in [0.5, 0.6) is 0 Å². The Labute approximate surface area is 142 Å². The fraction of sp³-hybridized carbons (Fsp3) is 0.381. The number of hydrogen-bond acceptors (Lipinski definition) is 1. The van der Waals surface area contributed by atoms with Crippen LogP contribution in [0, 0.1) is 52.9 Å². The van der Waals surface area contributed by atoms with Crippen LogP contribution in [0.3, 0.4) is 0 Å². The molecule has 0 radical (unpaired) electrons. The predicted molar refractivity (Wildman–Crippen MR) is 103 cm³/mol. The Morgan fingerprint density at radius 1 is 0.739 bits per heavy atom. The molecule has 2 aromatic carbocycles. The number of nitriles is 1. The lowest BCUT2D eigenvalue weighted by atomic mass is 10.1. The molecule has 1 nitrogen and oxygen atoms in total. The highest BCUT2D eigenvalue weighted by atomic mass is 31.1. The summed E-state index contributed by atoms with van der Waals surface area (Å²) in [5.74, 6) is 0. The average molecular weight is 323 g/mol. The van der Waals surface area contributed by atoms with Crippen LogP contribution in [0.25, 0.3) is 0 Å². The molecule has 0 unspecified atom stereocenters. The summed E-state index contributed by atoms with van der Waals surface area (Å²) in [4.78, 5) is 0. The number of hydrogen-bond donors (Lipinski definition) is 0. The minimum absolute atomic E-state index is 0.487. The topological polar surface area (TPSA) is 23.8 Å². The number of benzene rings is 2. The highest BCUT2D eigenvalue weighted by molar-refractivity contribution is 7.73. The molecule has 0 spiro atoms. The Morgan fingerprint density at radius 2 is 1.09 bits per heavy atom. The zero-order valence-corrected chi connectivity index (χ0v) is 16.0. The maximum absolute atomic E-state index is 9.13. The van der Waals surface area contributed by atoms with E-state index >= 15 is 0 Å². The van der Waals surface area contributed by atoms with Gasteiger partial charge in [-0.1, -0.05) is 35.4 Å². The van der Waals surface area contributed by atoms with Gasteiger partial charge in [-0.25, -0.2) is 0 Å². The third-order valence-corrected chi connectivity index (χ3v) is 7.42. The van der Waals surface area contributed by atoms with E-state index in [1.54, 1.807) is 0 Å². The molecule has 2 aromatic rings. The van der Waals surface area contributed by atoms with Gasteiger partial charge in [-0.2, -0.15) is 5.26 Å². The van der Waals surface area contributed by atoms with E-state index < -0.39 is 7.92 Å². The van der Waals surface area contributed by atoms with Gasteiger partial charge < -0.3 is 0 Å². The van der Waals surface area contributed by atoms with Crippen molar-refractivity contribution in [3.05, 3.63) is 57.6 Å². The van der Waals surface area contributed by atoms with Crippen LogP contribution in [0.4, 0.5) is 0 Å². The third-order valence-electron chi connectivity index (χ3n) is 4.26. The van der Waals surface area contributed by atoms with Gasteiger partial charge in [0, 0.05) is 6.42 Å². The van der Waals surface area contributed by atoms with Crippen molar-refractivity contribution < 1.29 is 0 Å². The summed E-state index contributed by atoms with van der Waals surface area (Å²) in [5.41, 5.74) is 8.10. The molecule has 0 saturated carbocycles. The lowest BCUT2D eigenvalue weighted by molar-refractivity contribution is 1.23. The van der Waals surface area contributed by atoms with E-state index in [2.05, 4.69) is 71.9 Å². The maximum atomic E-state index is 9.13. The summed E-state index contributed by atoms with van der Waals surface area (Å²) in [6, 6.07) is 11.5. The van der Waals surface area contributed by atoms with E-state index in [-0.39, 0.29) is 0 Å². The van der Waals surface area contributed by atoms with Crippen LogP contribution in [-0.4, -0.2) is 6.16 Å². The monoisotopic (exact) mass is 323 g/mol. The summed E-state index contributed by atoms with van der Waals surface area (Å²) >= 11 is 0. The van der Waals surface area contributed by atoms with Gasteiger partial charge in [0.25, 0.3) is 0 Å². The summed E-state index contributed by atoms with van der Waals surface area (Å²) in [7, 11) is -0.487. The van der Waals surface area contributed by atoms with Gasteiger partial charge in [-0.3, -0.25) is 0 Å². The fourth-order valence-corrected chi connectivity index (χ4v) is 6.65. The van der Waals surface area contributed by atoms with E-state index in [0.717, 1.165) is 6.16 Å². The average Bonchev–Trinajstić information content (AvgIpc) is 2.41. The number of rotatable bonds is 4. The van der Waals surface area contributed by atoms with Crippen LogP contribution in [-0.2, 0) is 0 Å². The molecule has 0 fully saturated rings. The minimum atomic E-state index is -0.487. The number of aryl methyl sites for hydroxylation is 6. The SMILES string of the molecule is Cc1cc(C)c(P(CCC#N)c2c(C)cc(C)cc2C)c(C)c1. The summed E-state index contributed by atoms with van der Waals surface area (Å²) in [5, 5.41) is 12.1. The van der Waals surface area contributed by atoms with Crippen LogP contribution >= 0.6 is 7.92 Å². The van der Waals surface area contributed by atoms with E-state index in [1.165, 1.54) is 44.0 Å². The first-order valence-corrected chi connectivity index (χ1v) is 9.68. The summed E-state index contributed by atoms with van der Waals surface area (Å²) in [6.45, 7) is 13.2. The molecule has 0 aliphatic rings. The van der Waals surface area contributed by atoms with Crippen LogP contribution < -0.4 is 10.6 Å². The number of nitrogens with zero attached hydrogens (tertiary/aromatic N) is 1. The predicted octanol–water partition coefficient (Wildman–Crippen LogP) is 4.88. The summed E-state index contributed by atoms with van der Waals surface area (Å²) in [6.07, 6.45) is 1.56. The molecule has 0 heterocycles. The molecule has 0 atom stereocenters. The van der Waals surface area contributed by atoms with Crippen LogP contribution in [0.15, 0.2) is 24.3 Å². The Morgan fingerprint density at radius 3 is 1.39 bits per heavy atom. The standard InChI is InChI=1S/C21H26NP/c1-14-10-16(3)20(17(4)11-14)23(9-7-8-22)21-18(5)12-15(2)13-19(21)6/h10-13H,7,9H2,1-6H3. The first kappa shape index (κ1) is 17.7. The van der Waals surface area contributed by atoms with Gasteiger partial charge in [0.15, 0.2) is 0 Å². The minimum Gasteiger partial charge on any atom is -0.198 e. The molecular formula is C21H26NP. The Balaban J connectivity index is 2.67. The molecule has 120 valence electrons. The van der Waals surface area contributed by atoms with Crippen molar-refractivity contribution in [2.24, 2.45) is 0 Å². The molecule has 0 aliphatic heterocycles. The van der Waals surface area contributed by atoms with Crippen LogP contribution in [0.2, 0.25) is 0 Å². The zero-order chi connectivity index (χ0) is 17.1. The fourth-order valence-electron chi connectivity index (χ4n) is 3.69. The van der Waals surface area contributed by atoms with Crippen molar-refractivity contribution in [2.45, 2.75) is 48.0 Å². The molecule has 0 bridgehead atoms. The lowest BCUT2D eigenvalue weighted by Crippen LogP contribution is -2.23. The highest BCUT2D eigenvalue weighted by Crippen LogP contribution is 2.39. The van der Waals surface area contributed by atoms with E-state index in [1.807, 2.05) is 0 Å². The van der Waals surface area contributed by atoms with Gasteiger partial charge in [0.05, 0.1) is 6.07 Å². The molecule has 0 saturated heterocycles. The van der Waals surface area contributed by atoms with E-state index in [4.69, 9.17) is 5.26 Å². The maximum Gasteiger partial charge on any atom is 0.0625 e. The van der Waals surface area contributed by atoms with E-state index in [9.17, 15) is 0 Å². The van der Waals surface area contributed by atoms with Gasteiger partial charge in [0.2, 0.25) is 0 Å². The van der Waals surface area contributed by atoms with Crippen molar-refractivity contribution >= 4 is 18.5 Å². The van der Waals surface area contributed by atoms with Gasteiger partial charge in [-0.15, -0.1) is 0 Å². The normalized spacial score (nSPS) is 10.9. The first-order valence-electron chi connectivity index (χ1n) is 8.15. The molecule has 0 aliphatic carbocycles. The third kappa shape index (κ3) is 3.82. The molecular weight excluding hydrogens is 297 g/mol. The van der Waals surface area contributed by atoms with Crippen molar-refractivity contribution in [1.29, 1.82) is 5.26 Å². The smallest absolute Gasteiger partial charge is 0.0625 e. The quantitative estimate of drug-likeness (QED) is 0.735.